The maximum atomic E-state index is 11.5. The lowest BCUT2D eigenvalue weighted by atomic mass is 10.1. The number of nitrogens with two attached hydrogens (primary N) is 1. The summed E-state index contributed by atoms with van der Waals surface area (Å²) in [5.74, 6) is 0.628. The minimum absolute atomic E-state index is 0.0460. The summed E-state index contributed by atoms with van der Waals surface area (Å²) in [5, 5.41) is 6.91. The molecule has 2 rings (SSSR count). The normalized spacial score (nSPS) is 17.1. The Hall–Kier alpha value is -1.36. The third kappa shape index (κ3) is 3.34. The van der Waals surface area contributed by atoms with Gasteiger partial charge < -0.3 is 11.1 Å². The first-order valence-electron chi connectivity index (χ1n) is 5.75. The fourth-order valence-electron chi connectivity index (χ4n) is 1.72. The number of rotatable bonds is 6. The molecule has 0 radical (unpaired) electrons. The van der Waals surface area contributed by atoms with Gasteiger partial charge in [-0.2, -0.15) is 5.10 Å². The maximum absolute atomic E-state index is 11.5. The Kier molecular flexibility index (Phi) is 3.56. The quantitative estimate of drug-likeness (QED) is 0.718. The van der Waals surface area contributed by atoms with Crippen LogP contribution < -0.4 is 11.1 Å². The average Bonchev–Trinajstić information content (AvgIpc) is 2.98. The van der Waals surface area contributed by atoms with Crippen LogP contribution in [0.2, 0.25) is 0 Å². The Morgan fingerprint density at radius 2 is 2.44 bits per heavy atom. The van der Waals surface area contributed by atoms with Gasteiger partial charge in [0.25, 0.3) is 0 Å². The van der Waals surface area contributed by atoms with E-state index < -0.39 is 0 Å². The summed E-state index contributed by atoms with van der Waals surface area (Å²) in [7, 11) is 0. The molecule has 3 N–H and O–H groups in total. The van der Waals surface area contributed by atoms with E-state index in [4.69, 9.17) is 5.73 Å². The van der Waals surface area contributed by atoms with Gasteiger partial charge in [0, 0.05) is 31.4 Å². The Labute approximate surface area is 95.0 Å². The standard InChI is InChI=1S/C11H18N4O/c12-10(9-2-3-9)8-11(16)13-5-7-15-6-1-4-14-15/h1,4,6,9-10H,2-3,5,7-8,12H2,(H,13,16). The molecule has 1 atom stereocenters. The number of amides is 1. The Morgan fingerprint density at radius 3 is 3.06 bits per heavy atom. The molecule has 1 saturated carbocycles. The van der Waals surface area contributed by atoms with Crippen molar-refractivity contribution in [2.45, 2.75) is 31.8 Å². The van der Waals surface area contributed by atoms with Crippen LogP contribution in [0.3, 0.4) is 0 Å². The van der Waals surface area contributed by atoms with Crippen LogP contribution in [-0.2, 0) is 11.3 Å². The number of nitrogens with zero attached hydrogens (tertiary/aromatic N) is 2. The largest absolute Gasteiger partial charge is 0.354 e. The van der Waals surface area contributed by atoms with Gasteiger partial charge in [-0.1, -0.05) is 0 Å². The summed E-state index contributed by atoms with van der Waals surface area (Å²) >= 11 is 0. The minimum Gasteiger partial charge on any atom is -0.354 e. The smallest absolute Gasteiger partial charge is 0.221 e. The van der Waals surface area contributed by atoms with Crippen molar-refractivity contribution in [3.8, 4) is 0 Å². The lowest BCUT2D eigenvalue weighted by Crippen LogP contribution is -2.34. The van der Waals surface area contributed by atoms with E-state index in [-0.39, 0.29) is 11.9 Å². The predicted octanol–water partition coefficient (Wildman–Crippen LogP) is 0.127. The number of carbonyl (C=O) groups excluding carboxylic acids is 1. The molecule has 1 unspecified atom stereocenters. The van der Waals surface area contributed by atoms with Crippen molar-refractivity contribution in [3.63, 3.8) is 0 Å². The molecular weight excluding hydrogens is 204 g/mol. The van der Waals surface area contributed by atoms with Gasteiger partial charge >= 0.3 is 0 Å². The molecule has 1 aromatic heterocycles. The Morgan fingerprint density at radius 1 is 1.62 bits per heavy atom. The molecule has 0 spiro atoms. The fraction of sp³-hybridized carbons (Fsp3) is 0.636. The number of nitrogens with one attached hydrogen (secondary N) is 1. The molecule has 1 amide bonds. The summed E-state index contributed by atoms with van der Waals surface area (Å²) in [6.07, 6.45) is 6.42. The summed E-state index contributed by atoms with van der Waals surface area (Å²) in [6.45, 7) is 1.31. The molecule has 16 heavy (non-hydrogen) atoms. The van der Waals surface area contributed by atoms with E-state index in [9.17, 15) is 4.79 Å². The van der Waals surface area contributed by atoms with Crippen molar-refractivity contribution < 1.29 is 4.79 Å². The van der Waals surface area contributed by atoms with Gasteiger partial charge in [0.2, 0.25) is 5.91 Å². The van der Waals surface area contributed by atoms with Crippen molar-refractivity contribution in [2.24, 2.45) is 11.7 Å². The van der Waals surface area contributed by atoms with Crippen molar-refractivity contribution in [3.05, 3.63) is 18.5 Å². The molecule has 1 aromatic rings. The highest BCUT2D eigenvalue weighted by Crippen LogP contribution is 2.32. The topological polar surface area (TPSA) is 72.9 Å². The molecule has 0 saturated heterocycles. The molecule has 0 aromatic carbocycles. The monoisotopic (exact) mass is 222 g/mol. The van der Waals surface area contributed by atoms with Crippen LogP contribution in [0.1, 0.15) is 19.3 Å². The van der Waals surface area contributed by atoms with Crippen LogP contribution in [0.15, 0.2) is 18.5 Å². The number of hydrogen-bond acceptors (Lipinski definition) is 3. The van der Waals surface area contributed by atoms with Crippen molar-refractivity contribution in [2.75, 3.05) is 6.54 Å². The predicted molar refractivity (Wildman–Crippen MR) is 60.6 cm³/mol. The SMILES string of the molecule is NC(CC(=O)NCCn1cccn1)C1CC1. The Balaban J connectivity index is 1.60. The van der Waals surface area contributed by atoms with Crippen LogP contribution >= 0.6 is 0 Å². The zero-order valence-corrected chi connectivity index (χ0v) is 9.30. The third-order valence-corrected chi connectivity index (χ3v) is 2.87. The molecule has 1 heterocycles. The number of hydrogen-bond donors (Lipinski definition) is 2. The van der Waals surface area contributed by atoms with Crippen LogP contribution in [0.25, 0.3) is 0 Å². The highest BCUT2D eigenvalue weighted by molar-refractivity contribution is 5.76. The van der Waals surface area contributed by atoms with Gasteiger partial charge in [-0.05, 0) is 24.8 Å². The highest BCUT2D eigenvalue weighted by Gasteiger charge is 2.29. The summed E-state index contributed by atoms with van der Waals surface area (Å²) in [4.78, 5) is 11.5. The van der Waals surface area contributed by atoms with Gasteiger partial charge in [-0.25, -0.2) is 0 Å². The van der Waals surface area contributed by atoms with Gasteiger partial charge in [0.05, 0.1) is 6.54 Å². The van der Waals surface area contributed by atoms with E-state index in [2.05, 4.69) is 10.4 Å². The summed E-state index contributed by atoms with van der Waals surface area (Å²) < 4.78 is 1.79. The zero-order chi connectivity index (χ0) is 11.4. The van der Waals surface area contributed by atoms with E-state index in [0.29, 0.717) is 25.4 Å². The molecular formula is C11H18N4O. The van der Waals surface area contributed by atoms with Crippen molar-refractivity contribution in [1.29, 1.82) is 0 Å². The molecule has 0 bridgehead atoms. The van der Waals surface area contributed by atoms with Crippen molar-refractivity contribution >= 4 is 5.91 Å². The third-order valence-electron chi connectivity index (χ3n) is 2.87. The van der Waals surface area contributed by atoms with Crippen LogP contribution in [0.5, 0.6) is 0 Å². The molecule has 1 aliphatic rings. The first-order valence-corrected chi connectivity index (χ1v) is 5.75. The van der Waals surface area contributed by atoms with Gasteiger partial charge in [0.15, 0.2) is 0 Å². The van der Waals surface area contributed by atoms with Gasteiger partial charge in [-0.3, -0.25) is 9.48 Å². The van der Waals surface area contributed by atoms with Crippen LogP contribution in [-0.4, -0.2) is 28.3 Å². The van der Waals surface area contributed by atoms with Crippen LogP contribution in [0, 0.1) is 5.92 Å². The number of carbonyl (C=O) groups is 1. The maximum Gasteiger partial charge on any atom is 0.221 e. The molecule has 5 heteroatoms. The molecule has 0 aliphatic heterocycles. The van der Waals surface area contributed by atoms with E-state index >= 15 is 0 Å². The Bertz CT molecular complexity index is 332. The lowest BCUT2D eigenvalue weighted by Gasteiger charge is -2.10. The molecule has 1 aliphatic carbocycles. The van der Waals surface area contributed by atoms with Crippen LogP contribution in [0.4, 0.5) is 0 Å². The van der Waals surface area contributed by atoms with E-state index in [1.807, 2.05) is 12.3 Å². The molecule has 88 valence electrons. The molecule has 1 fully saturated rings. The fourth-order valence-corrected chi connectivity index (χ4v) is 1.72. The average molecular weight is 222 g/mol. The van der Waals surface area contributed by atoms with Gasteiger partial charge in [0.1, 0.15) is 0 Å². The molecule has 5 nitrogen and oxygen atoms in total. The number of aromatic nitrogens is 2. The summed E-state index contributed by atoms with van der Waals surface area (Å²) in [6, 6.07) is 1.91. The summed E-state index contributed by atoms with van der Waals surface area (Å²) in [5.41, 5.74) is 5.87. The van der Waals surface area contributed by atoms with Gasteiger partial charge in [-0.15, -0.1) is 0 Å². The second-order valence-corrected chi connectivity index (χ2v) is 4.32. The minimum atomic E-state index is 0.0460. The first kappa shape index (κ1) is 11.1. The lowest BCUT2D eigenvalue weighted by molar-refractivity contribution is -0.121. The first-order chi connectivity index (χ1) is 7.75. The van der Waals surface area contributed by atoms with E-state index in [1.165, 1.54) is 12.8 Å². The van der Waals surface area contributed by atoms with Crippen molar-refractivity contribution in [1.82, 2.24) is 15.1 Å². The second kappa shape index (κ2) is 5.12. The van der Waals surface area contributed by atoms with E-state index in [1.54, 1.807) is 10.9 Å². The second-order valence-electron chi connectivity index (χ2n) is 4.32. The van der Waals surface area contributed by atoms with E-state index in [0.717, 1.165) is 0 Å². The highest BCUT2D eigenvalue weighted by atomic mass is 16.1. The zero-order valence-electron chi connectivity index (χ0n) is 9.30.